The van der Waals surface area contributed by atoms with E-state index in [9.17, 15) is 18.0 Å². The molecular weight excluding hydrogens is 395 g/mol. The number of aryl methyl sites for hydroxylation is 1. The Morgan fingerprint density at radius 1 is 1.00 bits per heavy atom. The van der Waals surface area contributed by atoms with Crippen molar-refractivity contribution in [2.45, 2.75) is 13.1 Å². The Balaban J connectivity index is 1.68. The minimum Gasteiger partial charge on any atom is -0.455 e. The monoisotopic (exact) mass is 411 g/mol. The molecule has 2 heterocycles. The zero-order valence-corrected chi connectivity index (χ0v) is 15.8. The van der Waals surface area contributed by atoms with E-state index in [0.29, 0.717) is 22.9 Å². The van der Waals surface area contributed by atoms with E-state index < -0.39 is 17.6 Å². The largest absolute Gasteiger partial charge is 0.455 e. The number of aromatic nitrogens is 2. The first-order valence-corrected chi connectivity index (χ1v) is 9.02. The summed E-state index contributed by atoms with van der Waals surface area (Å²) >= 11 is 0. The van der Waals surface area contributed by atoms with Crippen LogP contribution in [0.2, 0.25) is 0 Å². The number of pyridine rings is 1. The van der Waals surface area contributed by atoms with E-state index in [4.69, 9.17) is 4.74 Å². The highest BCUT2D eigenvalue weighted by Crippen LogP contribution is 2.31. The lowest BCUT2D eigenvalue weighted by Gasteiger charge is -2.13. The molecule has 0 spiro atoms. The SMILES string of the molecule is Cc1nc2ccc(C(F)(F)F)cn2c1C(=O)Nc1ccccc1Oc1ccccc1. The summed E-state index contributed by atoms with van der Waals surface area (Å²) in [7, 11) is 0. The normalized spacial score (nSPS) is 11.5. The number of para-hydroxylation sites is 3. The van der Waals surface area contributed by atoms with E-state index in [-0.39, 0.29) is 11.3 Å². The Morgan fingerprint density at radius 2 is 1.70 bits per heavy atom. The minimum atomic E-state index is -4.53. The van der Waals surface area contributed by atoms with Gasteiger partial charge >= 0.3 is 6.18 Å². The second kappa shape index (κ2) is 7.55. The number of benzene rings is 2. The van der Waals surface area contributed by atoms with Crippen molar-refractivity contribution in [3.8, 4) is 11.5 Å². The van der Waals surface area contributed by atoms with Gasteiger partial charge < -0.3 is 10.1 Å². The fraction of sp³-hybridized carbons (Fsp3) is 0.0909. The third kappa shape index (κ3) is 3.84. The molecular formula is C22H16F3N3O2. The van der Waals surface area contributed by atoms with Gasteiger partial charge in [-0.1, -0.05) is 30.3 Å². The number of hydrogen-bond acceptors (Lipinski definition) is 3. The number of rotatable bonds is 4. The van der Waals surface area contributed by atoms with Crippen LogP contribution in [-0.2, 0) is 6.18 Å². The van der Waals surface area contributed by atoms with E-state index in [1.165, 1.54) is 6.07 Å². The Labute approximate surface area is 169 Å². The Hall–Kier alpha value is -3.81. The Kier molecular flexibility index (Phi) is 4.91. The number of imidazole rings is 1. The highest BCUT2D eigenvalue weighted by atomic mass is 19.4. The molecule has 0 saturated carbocycles. The van der Waals surface area contributed by atoms with Crippen LogP contribution in [0.15, 0.2) is 72.9 Å². The third-order valence-electron chi connectivity index (χ3n) is 4.44. The van der Waals surface area contributed by atoms with Gasteiger partial charge in [-0.05, 0) is 43.3 Å². The summed E-state index contributed by atoms with van der Waals surface area (Å²) in [5.41, 5.74) is 0.0975. The van der Waals surface area contributed by atoms with Gasteiger partial charge in [0.05, 0.1) is 16.9 Å². The molecule has 8 heteroatoms. The maximum absolute atomic E-state index is 13.1. The first-order chi connectivity index (χ1) is 14.3. The number of carbonyl (C=O) groups excluding carboxylic acids is 1. The summed E-state index contributed by atoms with van der Waals surface area (Å²) < 4.78 is 46.3. The van der Waals surface area contributed by atoms with E-state index >= 15 is 0 Å². The number of hydrogen-bond donors (Lipinski definition) is 1. The van der Waals surface area contributed by atoms with Crippen LogP contribution in [0.5, 0.6) is 11.5 Å². The lowest BCUT2D eigenvalue weighted by Crippen LogP contribution is -2.17. The molecule has 0 unspecified atom stereocenters. The molecule has 0 atom stereocenters. The average Bonchev–Trinajstić information content (AvgIpc) is 3.04. The average molecular weight is 411 g/mol. The molecule has 1 amide bonds. The van der Waals surface area contributed by atoms with Crippen LogP contribution in [0.4, 0.5) is 18.9 Å². The van der Waals surface area contributed by atoms with E-state index in [1.807, 2.05) is 18.2 Å². The number of halogens is 3. The van der Waals surface area contributed by atoms with Gasteiger partial charge in [-0.25, -0.2) is 4.98 Å². The van der Waals surface area contributed by atoms with Crippen molar-refractivity contribution >= 4 is 17.2 Å². The predicted molar refractivity (Wildman–Crippen MR) is 106 cm³/mol. The van der Waals surface area contributed by atoms with Crippen molar-refractivity contribution in [2.24, 2.45) is 0 Å². The van der Waals surface area contributed by atoms with Crippen LogP contribution in [0, 0.1) is 6.92 Å². The van der Waals surface area contributed by atoms with Crippen molar-refractivity contribution < 1.29 is 22.7 Å². The van der Waals surface area contributed by atoms with Crippen LogP contribution in [0.1, 0.15) is 21.7 Å². The summed E-state index contributed by atoms with van der Waals surface area (Å²) in [5.74, 6) is 0.392. The van der Waals surface area contributed by atoms with E-state index in [2.05, 4.69) is 10.3 Å². The molecule has 5 nitrogen and oxygen atoms in total. The van der Waals surface area contributed by atoms with Gasteiger partial charge in [0.2, 0.25) is 0 Å². The maximum atomic E-state index is 13.1. The zero-order valence-electron chi connectivity index (χ0n) is 15.8. The van der Waals surface area contributed by atoms with Crippen molar-refractivity contribution in [1.82, 2.24) is 9.38 Å². The Bertz CT molecular complexity index is 1220. The molecule has 0 aliphatic rings. The summed E-state index contributed by atoms with van der Waals surface area (Å²) in [6.45, 7) is 1.57. The molecule has 1 N–H and O–H groups in total. The number of carbonyl (C=O) groups is 1. The van der Waals surface area contributed by atoms with Crippen LogP contribution < -0.4 is 10.1 Å². The van der Waals surface area contributed by atoms with Crippen LogP contribution in [0.25, 0.3) is 5.65 Å². The number of nitrogens with zero attached hydrogens (tertiary/aromatic N) is 2. The van der Waals surface area contributed by atoms with Gasteiger partial charge in [0.25, 0.3) is 5.91 Å². The first-order valence-electron chi connectivity index (χ1n) is 9.02. The van der Waals surface area contributed by atoms with Gasteiger partial charge in [-0.2, -0.15) is 13.2 Å². The molecule has 0 aliphatic heterocycles. The lowest BCUT2D eigenvalue weighted by atomic mass is 10.2. The molecule has 0 radical (unpaired) electrons. The quantitative estimate of drug-likeness (QED) is 0.468. The van der Waals surface area contributed by atoms with Crippen molar-refractivity contribution in [3.63, 3.8) is 0 Å². The molecule has 0 fully saturated rings. The molecule has 0 aliphatic carbocycles. The lowest BCUT2D eigenvalue weighted by molar-refractivity contribution is -0.137. The van der Waals surface area contributed by atoms with E-state index in [1.54, 1.807) is 43.3 Å². The van der Waals surface area contributed by atoms with Crippen molar-refractivity contribution in [1.29, 1.82) is 0 Å². The number of anilines is 1. The Morgan fingerprint density at radius 3 is 2.43 bits per heavy atom. The van der Waals surface area contributed by atoms with Gasteiger partial charge in [0.1, 0.15) is 17.1 Å². The molecule has 2 aromatic heterocycles. The fourth-order valence-electron chi connectivity index (χ4n) is 3.06. The molecule has 0 bridgehead atoms. The summed E-state index contributed by atoms with van der Waals surface area (Å²) in [6, 6.07) is 18.0. The molecule has 4 aromatic rings. The van der Waals surface area contributed by atoms with Crippen LogP contribution >= 0.6 is 0 Å². The summed E-state index contributed by atoms with van der Waals surface area (Å²) in [6.07, 6.45) is -3.66. The fourth-order valence-corrected chi connectivity index (χ4v) is 3.06. The summed E-state index contributed by atoms with van der Waals surface area (Å²) in [5, 5.41) is 2.72. The third-order valence-corrected chi connectivity index (χ3v) is 4.44. The molecule has 2 aromatic carbocycles. The number of fused-ring (bicyclic) bond motifs is 1. The van der Waals surface area contributed by atoms with Gasteiger partial charge in [-0.3, -0.25) is 9.20 Å². The first kappa shape index (κ1) is 19.5. The smallest absolute Gasteiger partial charge is 0.417 e. The minimum absolute atomic E-state index is 0.0191. The second-order valence-electron chi connectivity index (χ2n) is 6.55. The van der Waals surface area contributed by atoms with Crippen molar-refractivity contribution in [3.05, 3.63) is 89.9 Å². The van der Waals surface area contributed by atoms with Gasteiger partial charge in [0.15, 0.2) is 5.75 Å². The number of nitrogens with one attached hydrogen (secondary N) is 1. The molecule has 4 rings (SSSR count). The van der Waals surface area contributed by atoms with Crippen LogP contribution in [-0.4, -0.2) is 15.3 Å². The second-order valence-corrected chi connectivity index (χ2v) is 6.55. The van der Waals surface area contributed by atoms with Gasteiger partial charge in [0, 0.05) is 6.20 Å². The zero-order chi connectivity index (χ0) is 21.3. The highest BCUT2D eigenvalue weighted by molar-refractivity contribution is 6.05. The molecule has 0 saturated heterocycles. The molecule has 30 heavy (non-hydrogen) atoms. The summed E-state index contributed by atoms with van der Waals surface area (Å²) in [4.78, 5) is 17.2. The molecule has 152 valence electrons. The maximum Gasteiger partial charge on any atom is 0.417 e. The van der Waals surface area contributed by atoms with E-state index in [0.717, 1.165) is 16.7 Å². The highest BCUT2D eigenvalue weighted by Gasteiger charge is 2.31. The van der Waals surface area contributed by atoms with Crippen molar-refractivity contribution in [2.75, 3.05) is 5.32 Å². The standard InChI is InChI=1S/C22H16F3N3O2/c1-14-20(28-13-15(22(23,24)25)11-12-19(28)26-14)21(29)27-17-9-5-6-10-18(17)30-16-7-3-2-4-8-16/h2-13H,1H3,(H,27,29). The predicted octanol–water partition coefficient (Wildman–Crippen LogP) is 5.71. The number of alkyl halides is 3. The topological polar surface area (TPSA) is 55.6 Å². The van der Waals surface area contributed by atoms with Crippen LogP contribution in [0.3, 0.4) is 0 Å². The number of amides is 1. The number of ether oxygens (including phenoxy) is 1. The van der Waals surface area contributed by atoms with Gasteiger partial charge in [-0.15, -0.1) is 0 Å².